The van der Waals surface area contributed by atoms with Gasteiger partial charge in [-0.3, -0.25) is 9.59 Å². The molecule has 4 aromatic rings. The Morgan fingerprint density at radius 3 is 2.59 bits per heavy atom. The van der Waals surface area contributed by atoms with Gasteiger partial charge in [0.1, 0.15) is 12.6 Å². The van der Waals surface area contributed by atoms with Crippen LogP contribution in [0, 0.1) is 5.92 Å². The summed E-state index contributed by atoms with van der Waals surface area (Å²) in [5.41, 5.74) is 4.66. The van der Waals surface area contributed by atoms with Gasteiger partial charge in [0.25, 0.3) is 11.8 Å². The van der Waals surface area contributed by atoms with E-state index < -0.39 is 17.9 Å². The SMILES string of the molecule is COc1cc(C=NNC(=O)C(NC(=O)c2ccc3c(c2)OCO3)C(C)C)ccc1OCc1cccc2ccccc12. The second-order valence-corrected chi connectivity index (χ2v) is 9.83. The fraction of sp³-hybridized carbons (Fsp3) is 0.219. The summed E-state index contributed by atoms with van der Waals surface area (Å²) in [5, 5.41) is 9.17. The summed E-state index contributed by atoms with van der Waals surface area (Å²) >= 11 is 0. The zero-order valence-electron chi connectivity index (χ0n) is 23.0. The van der Waals surface area contributed by atoms with Gasteiger partial charge in [0.05, 0.1) is 13.3 Å². The van der Waals surface area contributed by atoms with Crippen molar-refractivity contribution in [2.45, 2.75) is 26.5 Å². The predicted molar refractivity (Wildman–Crippen MR) is 156 cm³/mol. The van der Waals surface area contributed by atoms with E-state index in [1.54, 1.807) is 37.4 Å². The first kappa shape index (κ1) is 27.5. The molecule has 0 saturated heterocycles. The van der Waals surface area contributed by atoms with Gasteiger partial charge >= 0.3 is 0 Å². The molecule has 1 heterocycles. The fourth-order valence-corrected chi connectivity index (χ4v) is 4.49. The molecule has 4 aromatic carbocycles. The monoisotopic (exact) mass is 553 g/mol. The van der Waals surface area contributed by atoms with E-state index in [0.717, 1.165) is 16.3 Å². The first-order valence-corrected chi connectivity index (χ1v) is 13.2. The van der Waals surface area contributed by atoms with Crippen LogP contribution in [0.5, 0.6) is 23.0 Å². The van der Waals surface area contributed by atoms with Gasteiger partial charge in [0, 0.05) is 5.56 Å². The number of hydrogen-bond acceptors (Lipinski definition) is 7. The summed E-state index contributed by atoms with van der Waals surface area (Å²) in [6.45, 7) is 4.18. The Labute approximate surface area is 238 Å². The van der Waals surface area contributed by atoms with E-state index in [4.69, 9.17) is 18.9 Å². The quantitative estimate of drug-likeness (QED) is 0.210. The van der Waals surface area contributed by atoms with Crippen molar-refractivity contribution in [1.82, 2.24) is 10.7 Å². The molecule has 0 fully saturated rings. The van der Waals surface area contributed by atoms with Crippen molar-refractivity contribution < 1.29 is 28.5 Å². The van der Waals surface area contributed by atoms with Crippen molar-refractivity contribution in [2.24, 2.45) is 11.0 Å². The lowest BCUT2D eigenvalue weighted by molar-refractivity contribution is -0.123. The normalized spacial score (nSPS) is 12.9. The van der Waals surface area contributed by atoms with Crippen LogP contribution in [0.4, 0.5) is 0 Å². The van der Waals surface area contributed by atoms with E-state index in [2.05, 4.69) is 34.0 Å². The Balaban J connectivity index is 1.20. The van der Waals surface area contributed by atoms with Gasteiger partial charge in [-0.25, -0.2) is 5.43 Å². The number of benzene rings is 4. The highest BCUT2D eigenvalue weighted by Gasteiger charge is 2.25. The first-order chi connectivity index (χ1) is 19.9. The Bertz CT molecular complexity index is 1590. The highest BCUT2D eigenvalue weighted by atomic mass is 16.7. The molecule has 0 radical (unpaired) electrons. The molecular weight excluding hydrogens is 522 g/mol. The highest BCUT2D eigenvalue weighted by molar-refractivity contribution is 5.98. The first-order valence-electron chi connectivity index (χ1n) is 13.2. The minimum atomic E-state index is -0.801. The second kappa shape index (κ2) is 12.4. The molecule has 9 heteroatoms. The molecule has 2 N–H and O–H groups in total. The van der Waals surface area contributed by atoms with Crippen molar-refractivity contribution in [3.8, 4) is 23.0 Å². The molecule has 1 unspecified atom stereocenters. The van der Waals surface area contributed by atoms with Gasteiger partial charge in [0.15, 0.2) is 23.0 Å². The molecule has 41 heavy (non-hydrogen) atoms. The number of nitrogens with one attached hydrogen (secondary N) is 2. The second-order valence-electron chi connectivity index (χ2n) is 9.83. The van der Waals surface area contributed by atoms with E-state index >= 15 is 0 Å². The zero-order chi connectivity index (χ0) is 28.8. The Morgan fingerprint density at radius 2 is 1.76 bits per heavy atom. The fourth-order valence-electron chi connectivity index (χ4n) is 4.49. The Kier molecular flexibility index (Phi) is 8.34. The molecule has 0 aromatic heterocycles. The molecule has 2 amide bonds. The van der Waals surface area contributed by atoms with Crippen LogP contribution in [0.15, 0.2) is 84.0 Å². The van der Waals surface area contributed by atoms with Crippen molar-refractivity contribution in [2.75, 3.05) is 13.9 Å². The number of fused-ring (bicyclic) bond motifs is 2. The number of carbonyl (C=O) groups excluding carboxylic acids is 2. The smallest absolute Gasteiger partial charge is 0.262 e. The molecule has 0 saturated carbocycles. The molecule has 0 spiro atoms. The maximum Gasteiger partial charge on any atom is 0.262 e. The molecular formula is C32H31N3O6. The predicted octanol–water partition coefficient (Wildman–Crippen LogP) is 5.06. The maximum atomic E-state index is 12.9. The van der Waals surface area contributed by atoms with Gasteiger partial charge < -0.3 is 24.3 Å². The lowest BCUT2D eigenvalue weighted by atomic mass is 10.0. The van der Waals surface area contributed by atoms with Crippen LogP contribution >= 0.6 is 0 Å². The third kappa shape index (κ3) is 6.41. The summed E-state index contributed by atoms with van der Waals surface area (Å²) in [4.78, 5) is 25.7. The summed E-state index contributed by atoms with van der Waals surface area (Å²) < 4.78 is 22.2. The summed E-state index contributed by atoms with van der Waals surface area (Å²) in [5.74, 6) is 1.19. The van der Waals surface area contributed by atoms with Gasteiger partial charge in [-0.1, -0.05) is 56.3 Å². The molecule has 0 bridgehead atoms. The topological polar surface area (TPSA) is 107 Å². The number of hydrogen-bond donors (Lipinski definition) is 2. The summed E-state index contributed by atoms with van der Waals surface area (Å²) in [6.07, 6.45) is 1.51. The van der Waals surface area contributed by atoms with Crippen LogP contribution in [-0.2, 0) is 11.4 Å². The van der Waals surface area contributed by atoms with Crippen LogP contribution in [0.1, 0.15) is 35.3 Å². The van der Waals surface area contributed by atoms with Gasteiger partial charge in [-0.15, -0.1) is 0 Å². The number of amides is 2. The van der Waals surface area contributed by atoms with Crippen LogP contribution in [0.25, 0.3) is 10.8 Å². The average Bonchev–Trinajstić information content (AvgIpc) is 3.47. The number of carbonyl (C=O) groups is 2. The molecule has 0 aliphatic carbocycles. The van der Waals surface area contributed by atoms with Crippen molar-refractivity contribution in [1.29, 1.82) is 0 Å². The standard InChI is InChI=1S/C32H31N3O6/c1-20(2)30(34-31(36)23-12-14-27-29(16-23)41-19-40-27)32(37)35-33-17-21-11-13-26(28(15-21)38-3)39-18-24-9-6-8-22-7-4-5-10-25(22)24/h4-17,20,30H,18-19H2,1-3H3,(H,34,36)(H,35,37). The third-order valence-electron chi connectivity index (χ3n) is 6.71. The summed E-state index contributed by atoms with van der Waals surface area (Å²) in [7, 11) is 1.57. The molecule has 1 aliphatic rings. The minimum absolute atomic E-state index is 0.113. The lowest BCUT2D eigenvalue weighted by Gasteiger charge is -2.20. The highest BCUT2D eigenvalue weighted by Crippen LogP contribution is 2.32. The van der Waals surface area contributed by atoms with Crippen LogP contribution in [0.3, 0.4) is 0 Å². The number of hydrazone groups is 1. The van der Waals surface area contributed by atoms with E-state index in [1.165, 1.54) is 6.21 Å². The number of ether oxygens (including phenoxy) is 4. The third-order valence-corrected chi connectivity index (χ3v) is 6.71. The molecule has 1 atom stereocenters. The Hall–Kier alpha value is -5.05. The van der Waals surface area contributed by atoms with E-state index in [0.29, 0.717) is 40.7 Å². The molecule has 1 aliphatic heterocycles. The number of methoxy groups -OCH3 is 1. The van der Waals surface area contributed by atoms with Crippen LogP contribution in [0.2, 0.25) is 0 Å². The minimum Gasteiger partial charge on any atom is -0.493 e. The largest absolute Gasteiger partial charge is 0.493 e. The van der Waals surface area contributed by atoms with E-state index in [9.17, 15) is 9.59 Å². The van der Waals surface area contributed by atoms with Gasteiger partial charge in [0.2, 0.25) is 6.79 Å². The lowest BCUT2D eigenvalue weighted by Crippen LogP contribution is -2.48. The van der Waals surface area contributed by atoms with E-state index in [-0.39, 0.29) is 12.7 Å². The van der Waals surface area contributed by atoms with Crippen molar-refractivity contribution in [3.63, 3.8) is 0 Å². The average molecular weight is 554 g/mol. The number of rotatable bonds is 10. The van der Waals surface area contributed by atoms with Crippen LogP contribution in [-0.4, -0.2) is 38.0 Å². The number of nitrogens with zero attached hydrogens (tertiary/aromatic N) is 1. The van der Waals surface area contributed by atoms with Crippen molar-refractivity contribution in [3.05, 3.63) is 95.6 Å². The molecule has 9 nitrogen and oxygen atoms in total. The maximum absolute atomic E-state index is 12.9. The molecule has 5 rings (SSSR count). The van der Waals surface area contributed by atoms with Crippen molar-refractivity contribution >= 4 is 28.8 Å². The van der Waals surface area contributed by atoms with Gasteiger partial charge in [-0.05, 0) is 64.2 Å². The summed E-state index contributed by atoms with van der Waals surface area (Å²) in [6, 6.07) is 23.8. The van der Waals surface area contributed by atoms with Crippen LogP contribution < -0.4 is 29.7 Å². The van der Waals surface area contributed by atoms with E-state index in [1.807, 2.05) is 44.2 Å². The van der Waals surface area contributed by atoms with Gasteiger partial charge in [-0.2, -0.15) is 5.10 Å². The Morgan fingerprint density at radius 1 is 0.951 bits per heavy atom. The zero-order valence-corrected chi connectivity index (χ0v) is 23.0. The molecule has 210 valence electrons.